The van der Waals surface area contributed by atoms with Gasteiger partial charge in [-0.25, -0.2) is 20.0 Å². The average Bonchev–Trinajstić information content (AvgIpc) is 3.00. The van der Waals surface area contributed by atoms with E-state index in [0.29, 0.717) is 11.2 Å². The summed E-state index contributed by atoms with van der Waals surface area (Å²) in [6, 6.07) is -1.55. The lowest BCUT2D eigenvalue weighted by molar-refractivity contribution is -0.145. The number of nitrogens with one attached hydrogen (secondary N) is 1. The number of carbonyl (C=O) groups is 2. The number of hydrogen-bond acceptors (Lipinski definition) is 9. The van der Waals surface area contributed by atoms with Crippen LogP contribution in [0.1, 0.15) is 6.42 Å². The van der Waals surface area contributed by atoms with Crippen LogP contribution in [0.15, 0.2) is 12.7 Å². The van der Waals surface area contributed by atoms with Gasteiger partial charge < -0.3 is 29.8 Å². The first-order chi connectivity index (χ1) is 12.8. The zero-order valence-corrected chi connectivity index (χ0v) is 14.8. The third-order valence-electron chi connectivity index (χ3n) is 3.81. The SMILES string of the molecule is Nc1ncnc2c1ncn2C[C@@H]1COP(=O)(N[C@@H](CC(=O)O)C(=O)O)CO1. The van der Waals surface area contributed by atoms with E-state index in [2.05, 4.69) is 20.0 Å². The number of carboxylic acids is 2. The Morgan fingerprint density at radius 2 is 2.19 bits per heavy atom. The Balaban J connectivity index is 1.62. The van der Waals surface area contributed by atoms with E-state index >= 15 is 0 Å². The quantitative estimate of drug-likeness (QED) is 0.436. The van der Waals surface area contributed by atoms with Gasteiger partial charge in [0.15, 0.2) is 11.5 Å². The monoisotopic (exact) mass is 400 g/mol. The van der Waals surface area contributed by atoms with Crippen LogP contribution in [0.5, 0.6) is 0 Å². The Morgan fingerprint density at radius 1 is 1.41 bits per heavy atom. The molecule has 1 aliphatic heterocycles. The number of aliphatic carboxylic acids is 2. The minimum Gasteiger partial charge on any atom is -0.481 e. The topological polar surface area (TPSA) is 192 Å². The third-order valence-corrected chi connectivity index (χ3v) is 5.57. The van der Waals surface area contributed by atoms with Gasteiger partial charge in [0.25, 0.3) is 7.52 Å². The molecule has 1 fully saturated rings. The molecule has 2 aromatic rings. The van der Waals surface area contributed by atoms with Crippen LogP contribution in [0, 0.1) is 0 Å². The number of hydrogen-bond donors (Lipinski definition) is 4. The van der Waals surface area contributed by atoms with Gasteiger partial charge in [-0.15, -0.1) is 0 Å². The first-order valence-corrected chi connectivity index (χ1v) is 9.57. The maximum absolute atomic E-state index is 12.6. The van der Waals surface area contributed by atoms with E-state index < -0.39 is 44.4 Å². The Labute approximate surface area is 152 Å². The summed E-state index contributed by atoms with van der Waals surface area (Å²) >= 11 is 0. The molecule has 0 spiro atoms. The number of fused-ring (bicyclic) bond motifs is 1. The smallest absolute Gasteiger partial charge is 0.321 e. The van der Waals surface area contributed by atoms with Crippen LogP contribution in [-0.4, -0.2) is 66.8 Å². The van der Waals surface area contributed by atoms with E-state index in [4.69, 9.17) is 25.2 Å². The Bertz CT molecular complexity index is 906. The molecule has 3 atom stereocenters. The second kappa shape index (κ2) is 7.56. The van der Waals surface area contributed by atoms with Gasteiger partial charge in [0.05, 0.1) is 25.9 Å². The first-order valence-electron chi connectivity index (χ1n) is 7.76. The van der Waals surface area contributed by atoms with Crippen molar-refractivity contribution in [3.05, 3.63) is 12.7 Å². The van der Waals surface area contributed by atoms with Gasteiger partial charge in [-0.1, -0.05) is 0 Å². The predicted molar refractivity (Wildman–Crippen MR) is 89.8 cm³/mol. The van der Waals surface area contributed by atoms with E-state index in [1.807, 2.05) is 0 Å². The molecule has 5 N–H and O–H groups in total. The molecule has 0 bridgehead atoms. The molecule has 146 valence electrons. The van der Waals surface area contributed by atoms with E-state index in [1.54, 1.807) is 4.57 Å². The molecule has 0 aromatic carbocycles. The van der Waals surface area contributed by atoms with Crippen LogP contribution >= 0.6 is 7.52 Å². The number of rotatable bonds is 7. The van der Waals surface area contributed by atoms with Crippen LogP contribution < -0.4 is 10.8 Å². The largest absolute Gasteiger partial charge is 0.481 e. The Morgan fingerprint density at radius 3 is 2.81 bits per heavy atom. The number of nitrogen functional groups attached to an aromatic ring is 1. The summed E-state index contributed by atoms with van der Waals surface area (Å²) in [6.45, 7) is 0.189. The minimum absolute atomic E-state index is 0.0933. The van der Waals surface area contributed by atoms with Gasteiger partial charge in [0.1, 0.15) is 30.3 Å². The van der Waals surface area contributed by atoms with E-state index in [-0.39, 0.29) is 19.0 Å². The van der Waals surface area contributed by atoms with Gasteiger partial charge in [0.2, 0.25) is 0 Å². The number of nitrogens with two attached hydrogens (primary N) is 1. The summed E-state index contributed by atoms with van der Waals surface area (Å²) in [5.74, 6) is -2.54. The molecule has 0 radical (unpaired) electrons. The first kappa shape index (κ1) is 19.2. The molecular weight excluding hydrogens is 383 g/mol. The van der Waals surface area contributed by atoms with Crippen LogP contribution in [-0.2, 0) is 30.0 Å². The second-order valence-electron chi connectivity index (χ2n) is 5.83. The van der Waals surface area contributed by atoms with Gasteiger partial charge in [-0.3, -0.25) is 14.2 Å². The molecule has 3 heterocycles. The summed E-state index contributed by atoms with van der Waals surface area (Å²) < 4.78 is 25.1. The molecule has 1 unspecified atom stereocenters. The predicted octanol–water partition coefficient (Wildman–Crippen LogP) is -0.508. The molecule has 2 aromatic heterocycles. The fourth-order valence-electron chi connectivity index (χ4n) is 2.52. The molecular formula is C13H17N6O7P. The van der Waals surface area contributed by atoms with Crippen LogP contribution in [0.2, 0.25) is 0 Å². The number of aromatic nitrogens is 4. The molecule has 27 heavy (non-hydrogen) atoms. The Hall–Kier alpha value is -2.60. The maximum Gasteiger partial charge on any atom is 0.321 e. The molecule has 14 heteroatoms. The van der Waals surface area contributed by atoms with Crippen molar-refractivity contribution in [3.63, 3.8) is 0 Å². The highest BCUT2D eigenvalue weighted by atomic mass is 31.2. The van der Waals surface area contributed by atoms with E-state index in [9.17, 15) is 14.2 Å². The fraction of sp³-hybridized carbons (Fsp3) is 0.462. The molecule has 0 saturated carbocycles. The molecule has 1 saturated heterocycles. The summed E-state index contributed by atoms with van der Waals surface area (Å²) in [4.78, 5) is 33.9. The number of ether oxygens (including phenoxy) is 1. The van der Waals surface area contributed by atoms with Crippen LogP contribution in [0.25, 0.3) is 11.2 Å². The lowest BCUT2D eigenvalue weighted by atomic mass is 10.2. The number of nitrogens with zero attached hydrogens (tertiary/aromatic N) is 4. The van der Waals surface area contributed by atoms with Crippen molar-refractivity contribution >= 4 is 36.4 Å². The standard InChI is InChI=1S/C13H17N6O7P/c14-11-10-12(16-4-15-11)19(5-17-10)2-7-3-26-27(24,6-25-7)18-8(13(22)23)1-9(20)21/h4-5,7-8H,1-3,6H2,(H,18,24)(H,20,21)(H,22,23)(H2,14,15,16)/t7-,8+,27?/m1/s1. The highest BCUT2D eigenvalue weighted by Gasteiger charge is 2.37. The zero-order chi connectivity index (χ0) is 19.6. The molecule has 13 nitrogen and oxygen atoms in total. The fourth-order valence-corrected chi connectivity index (χ4v) is 4.24. The highest BCUT2D eigenvalue weighted by Crippen LogP contribution is 2.46. The maximum atomic E-state index is 12.6. The summed E-state index contributed by atoms with van der Waals surface area (Å²) in [6.07, 6.45) is 1.18. The molecule has 0 amide bonds. The van der Waals surface area contributed by atoms with Crippen molar-refractivity contribution in [2.75, 3.05) is 18.7 Å². The van der Waals surface area contributed by atoms with Crippen LogP contribution in [0.4, 0.5) is 5.82 Å². The zero-order valence-electron chi connectivity index (χ0n) is 13.9. The van der Waals surface area contributed by atoms with E-state index in [1.165, 1.54) is 12.7 Å². The Kier molecular flexibility index (Phi) is 5.37. The van der Waals surface area contributed by atoms with Crippen LogP contribution in [0.3, 0.4) is 0 Å². The van der Waals surface area contributed by atoms with Gasteiger partial charge >= 0.3 is 11.9 Å². The normalized spacial score (nSPS) is 23.9. The van der Waals surface area contributed by atoms with Crippen molar-refractivity contribution in [3.8, 4) is 0 Å². The minimum atomic E-state index is -3.65. The van der Waals surface area contributed by atoms with Gasteiger partial charge in [0, 0.05) is 0 Å². The second-order valence-corrected chi connectivity index (χ2v) is 7.95. The van der Waals surface area contributed by atoms with Crippen molar-refractivity contribution in [1.29, 1.82) is 0 Å². The molecule has 1 aliphatic rings. The summed E-state index contributed by atoms with van der Waals surface area (Å²) in [7, 11) is -3.65. The number of carboxylic acid groups (broad SMARTS) is 2. The number of anilines is 1. The lowest BCUT2D eigenvalue weighted by Crippen LogP contribution is -2.41. The summed E-state index contributed by atoms with van der Waals surface area (Å²) in [5.41, 5.74) is 6.67. The van der Waals surface area contributed by atoms with Crippen molar-refractivity contribution in [2.24, 2.45) is 0 Å². The van der Waals surface area contributed by atoms with Gasteiger partial charge in [-0.05, 0) is 0 Å². The summed E-state index contributed by atoms with van der Waals surface area (Å²) in [5, 5.41) is 20.0. The molecule has 3 rings (SSSR count). The number of imidazole rings is 1. The van der Waals surface area contributed by atoms with E-state index in [0.717, 1.165) is 0 Å². The average molecular weight is 400 g/mol. The van der Waals surface area contributed by atoms with Crippen molar-refractivity contribution in [1.82, 2.24) is 24.6 Å². The molecule has 0 aliphatic carbocycles. The van der Waals surface area contributed by atoms with Crippen molar-refractivity contribution < 1.29 is 33.6 Å². The van der Waals surface area contributed by atoms with Crippen molar-refractivity contribution in [2.45, 2.75) is 25.1 Å². The third kappa shape index (κ3) is 4.39. The highest BCUT2D eigenvalue weighted by molar-refractivity contribution is 7.56. The van der Waals surface area contributed by atoms with Gasteiger partial charge in [-0.2, -0.15) is 0 Å². The lowest BCUT2D eigenvalue weighted by Gasteiger charge is -2.31.